The van der Waals surface area contributed by atoms with Crippen LogP contribution in [0.3, 0.4) is 0 Å². The molecule has 4 rings (SSSR count). The third-order valence-corrected chi connectivity index (χ3v) is 5.60. The molecule has 0 spiro atoms. The van der Waals surface area contributed by atoms with Crippen LogP contribution in [-0.4, -0.2) is 23.5 Å². The number of esters is 1. The summed E-state index contributed by atoms with van der Waals surface area (Å²) >= 11 is 0. The van der Waals surface area contributed by atoms with E-state index >= 15 is 0 Å². The van der Waals surface area contributed by atoms with Crippen LogP contribution in [0.4, 0.5) is 0 Å². The predicted octanol–water partition coefficient (Wildman–Crippen LogP) is 3.06. The maximum Gasteiger partial charge on any atom is 0.313 e. The molecule has 5 nitrogen and oxygen atoms in total. The van der Waals surface area contributed by atoms with Gasteiger partial charge in [-0.25, -0.2) is 0 Å². The second-order valence-electron chi connectivity index (χ2n) is 7.46. The van der Waals surface area contributed by atoms with Crippen LogP contribution in [-0.2, 0) is 22.5 Å². The summed E-state index contributed by atoms with van der Waals surface area (Å²) in [6.45, 7) is 4.96. The van der Waals surface area contributed by atoms with Gasteiger partial charge in [-0.1, -0.05) is 30.4 Å². The number of cyclic esters (lactones) is 1. The average molecular weight is 362 g/mol. The number of aromatic nitrogens is 1. The lowest BCUT2D eigenvalue weighted by Gasteiger charge is -2.24. The van der Waals surface area contributed by atoms with Crippen molar-refractivity contribution in [2.75, 3.05) is 6.61 Å². The van der Waals surface area contributed by atoms with E-state index in [0.29, 0.717) is 31.6 Å². The van der Waals surface area contributed by atoms with E-state index in [1.165, 1.54) is 0 Å². The molecule has 2 atom stereocenters. The van der Waals surface area contributed by atoms with E-state index in [9.17, 15) is 9.59 Å². The van der Waals surface area contributed by atoms with Crippen molar-refractivity contribution >= 4 is 11.9 Å². The normalized spacial score (nSPS) is 23.8. The third-order valence-electron chi connectivity index (χ3n) is 5.60. The summed E-state index contributed by atoms with van der Waals surface area (Å²) in [6, 6.07) is 13.1. The highest BCUT2D eigenvalue weighted by atomic mass is 16.5. The summed E-state index contributed by atoms with van der Waals surface area (Å²) in [6.07, 6.45) is 3.89. The predicted molar refractivity (Wildman–Crippen MR) is 101 cm³/mol. The number of hydrogen-bond donors (Lipinski definition) is 1. The zero-order chi connectivity index (χ0) is 18.9. The maximum absolute atomic E-state index is 12.4. The number of hydrogen-bond acceptors (Lipinski definition) is 4. The molecule has 0 radical (unpaired) electrons. The van der Waals surface area contributed by atoms with Gasteiger partial charge in [0.25, 0.3) is 5.91 Å². The summed E-state index contributed by atoms with van der Waals surface area (Å²) in [7, 11) is 0. The molecule has 0 bridgehead atoms. The van der Waals surface area contributed by atoms with Gasteiger partial charge in [0.2, 0.25) is 0 Å². The number of amides is 1. The second-order valence-corrected chi connectivity index (χ2v) is 7.46. The van der Waals surface area contributed by atoms with Crippen LogP contribution in [0.2, 0.25) is 0 Å². The summed E-state index contributed by atoms with van der Waals surface area (Å²) < 4.78 is 5.33. The molecule has 2 aliphatic rings. The standard InChI is InChI=1S/C22H22N2O3/c1-15-10-18-14-27-21(26)22(18,11-15)12-16-5-7-17(8-6-16)20(25)24-13-19-4-2-3-9-23-19/h2-9,18H,1,10-14H2,(H,24,25)/t18-,22+/m1/s1. The second kappa shape index (κ2) is 6.99. The molecule has 1 saturated heterocycles. The molecule has 5 heteroatoms. The number of benzene rings is 1. The van der Waals surface area contributed by atoms with Gasteiger partial charge in [0.1, 0.15) is 0 Å². The highest BCUT2D eigenvalue weighted by molar-refractivity contribution is 5.94. The molecular weight excluding hydrogens is 340 g/mol. The fourth-order valence-electron chi connectivity index (χ4n) is 4.18. The molecule has 1 aliphatic heterocycles. The number of rotatable bonds is 5. The lowest BCUT2D eigenvalue weighted by atomic mass is 9.75. The first kappa shape index (κ1) is 17.5. The molecule has 1 aromatic heterocycles. The number of allylic oxidation sites excluding steroid dienone is 1. The van der Waals surface area contributed by atoms with Crippen LogP contribution in [0.5, 0.6) is 0 Å². The van der Waals surface area contributed by atoms with Crippen molar-refractivity contribution in [3.05, 3.63) is 77.6 Å². The molecule has 1 amide bonds. The SMILES string of the molecule is C=C1C[C@@H]2COC(=O)[C@]2(Cc2ccc(C(=O)NCc3ccccn3)cc2)C1. The van der Waals surface area contributed by atoms with Crippen LogP contribution in [0.15, 0.2) is 60.8 Å². The number of carbonyl (C=O) groups excluding carboxylic acids is 2. The zero-order valence-electron chi connectivity index (χ0n) is 15.1. The Kier molecular flexibility index (Phi) is 4.52. The van der Waals surface area contributed by atoms with Crippen molar-refractivity contribution in [3.8, 4) is 0 Å². The molecule has 138 valence electrons. The number of nitrogens with zero attached hydrogens (tertiary/aromatic N) is 1. The van der Waals surface area contributed by atoms with Crippen LogP contribution >= 0.6 is 0 Å². The van der Waals surface area contributed by atoms with Gasteiger partial charge >= 0.3 is 5.97 Å². The summed E-state index contributed by atoms with van der Waals surface area (Å²) in [5.74, 6) is -0.0278. The topological polar surface area (TPSA) is 68.3 Å². The van der Waals surface area contributed by atoms with Gasteiger partial charge in [0.05, 0.1) is 24.3 Å². The molecule has 2 heterocycles. The first-order valence-corrected chi connectivity index (χ1v) is 9.18. The number of ether oxygens (including phenoxy) is 1. The van der Waals surface area contributed by atoms with Crippen molar-refractivity contribution in [2.45, 2.75) is 25.8 Å². The Labute approximate surface area is 158 Å². The lowest BCUT2D eigenvalue weighted by Crippen LogP contribution is -2.31. The summed E-state index contributed by atoms with van der Waals surface area (Å²) in [5, 5.41) is 2.87. The van der Waals surface area contributed by atoms with Gasteiger partial charge < -0.3 is 10.1 Å². The van der Waals surface area contributed by atoms with Crippen LogP contribution < -0.4 is 5.32 Å². The maximum atomic E-state index is 12.4. The van der Waals surface area contributed by atoms with E-state index in [0.717, 1.165) is 23.3 Å². The summed E-state index contributed by atoms with van der Waals surface area (Å²) in [5.41, 5.74) is 3.10. The Morgan fingerprint density at radius 3 is 2.81 bits per heavy atom. The van der Waals surface area contributed by atoms with Crippen molar-refractivity contribution in [1.29, 1.82) is 0 Å². The van der Waals surface area contributed by atoms with E-state index in [2.05, 4.69) is 16.9 Å². The molecule has 2 fully saturated rings. The number of pyridine rings is 1. The Bertz CT molecular complexity index is 876. The molecule has 1 N–H and O–H groups in total. The summed E-state index contributed by atoms with van der Waals surface area (Å²) in [4.78, 5) is 28.9. The van der Waals surface area contributed by atoms with Crippen LogP contribution in [0, 0.1) is 11.3 Å². The minimum atomic E-state index is -0.472. The van der Waals surface area contributed by atoms with Crippen LogP contribution in [0.1, 0.15) is 34.5 Å². The monoisotopic (exact) mass is 362 g/mol. The van der Waals surface area contributed by atoms with Gasteiger partial charge in [-0.3, -0.25) is 14.6 Å². The quantitative estimate of drug-likeness (QED) is 0.656. The van der Waals surface area contributed by atoms with Crippen LogP contribution in [0.25, 0.3) is 0 Å². The Hall–Kier alpha value is -2.95. The number of nitrogens with one attached hydrogen (secondary N) is 1. The van der Waals surface area contributed by atoms with E-state index in [1.54, 1.807) is 18.3 Å². The fourth-order valence-corrected chi connectivity index (χ4v) is 4.18. The highest BCUT2D eigenvalue weighted by Gasteiger charge is 2.55. The lowest BCUT2D eigenvalue weighted by molar-refractivity contribution is -0.146. The first-order chi connectivity index (χ1) is 13.1. The van der Waals surface area contributed by atoms with Gasteiger partial charge in [0.15, 0.2) is 0 Å². The van der Waals surface area contributed by atoms with E-state index in [1.807, 2.05) is 30.3 Å². The minimum absolute atomic E-state index is 0.108. The van der Waals surface area contributed by atoms with Gasteiger partial charge in [-0.05, 0) is 49.1 Å². The van der Waals surface area contributed by atoms with Gasteiger partial charge in [-0.15, -0.1) is 0 Å². The van der Waals surface area contributed by atoms with Crippen molar-refractivity contribution in [1.82, 2.24) is 10.3 Å². The third kappa shape index (κ3) is 3.37. The molecule has 1 aromatic carbocycles. The molecule has 2 aromatic rings. The molecule has 0 unspecified atom stereocenters. The van der Waals surface area contributed by atoms with Crippen molar-refractivity contribution in [2.24, 2.45) is 11.3 Å². The average Bonchev–Trinajstić information content (AvgIpc) is 3.15. The fraction of sp³-hybridized carbons (Fsp3) is 0.318. The van der Waals surface area contributed by atoms with Gasteiger partial charge in [-0.2, -0.15) is 0 Å². The smallest absolute Gasteiger partial charge is 0.313 e. The van der Waals surface area contributed by atoms with E-state index < -0.39 is 5.41 Å². The molecule has 27 heavy (non-hydrogen) atoms. The number of carbonyl (C=O) groups is 2. The zero-order valence-corrected chi connectivity index (χ0v) is 15.1. The minimum Gasteiger partial charge on any atom is -0.465 e. The molecule has 1 saturated carbocycles. The largest absolute Gasteiger partial charge is 0.465 e. The highest BCUT2D eigenvalue weighted by Crippen LogP contribution is 2.52. The van der Waals surface area contributed by atoms with Crippen molar-refractivity contribution < 1.29 is 14.3 Å². The first-order valence-electron chi connectivity index (χ1n) is 9.18. The van der Waals surface area contributed by atoms with Crippen molar-refractivity contribution in [3.63, 3.8) is 0 Å². The Morgan fingerprint density at radius 1 is 1.26 bits per heavy atom. The van der Waals surface area contributed by atoms with E-state index in [-0.39, 0.29) is 17.8 Å². The Balaban J connectivity index is 1.42. The van der Waals surface area contributed by atoms with E-state index in [4.69, 9.17) is 4.74 Å². The Morgan fingerprint density at radius 2 is 2.07 bits per heavy atom. The van der Waals surface area contributed by atoms with Gasteiger partial charge in [0, 0.05) is 17.7 Å². The molecule has 1 aliphatic carbocycles. The molecular formula is C22H22N2O3. The number of fused-ring (bicyclic) bond motifs is 1.